The SMILES string of the molecule is COc1ccc(-c2n[nH]nc2-c2cccc(C(=O)NCCCCc3ccccc3)c2)cc1. The van der Waals surface area contributed by atoms with Crippen molar-refractivity contribution in [1.29, 1.82) is 0 Å². The van der Waals surface area contributed by atoms with Gasteiger partial charge in [0.1, 0.15) is 17.1 Å². The molecule has 0 fully saturated rings. The minimum Gasteiger partial charge on any atom is -0.497 e. The molecule has 1 heterocycles. The van der Waals surface area contributed by atoms with Crippen molar-refractivity contribution in [3.05, 3.63) is 90.0 Å². The highest BCUT2D eigenvalue weighted by Crippen LogP contribution is 2.29. The van der Waals surface area contributed by atoms with Gasteiger partial charge < -0.3 is 10.1 Å². The topological polar surface area (TPSA) is 79.9 Å². The first kappa shape index (κ1) is 21.3. The van der Waals surface area contributed by atoms with Gasteiger partial charge in [-0.3, -0.25) is 4.79 Å². The Bertz CT molecular complexity index is 1150. The van der Waals surface area contributed by atoms with Gasteiger partial charge in [0.15, 0.2) is 0 Å². The molecule has 0 unspecified atom stereocenters. The summed E-state index contributed by atoms with van der Waals surface area (Å²) in [5.74, 6) is 0.697. The number of amides is 1. The zero-order valence-electron chi connectivity index (χ0n) is 18.0. The molecular weight excluding hydrogens is 400 g/mol. The number of carbonyl (C=O) groups is 1. The first-order chi connectivity index (χ1) is 15.7. The molecule has 0 spiro atoms. The Kier molecular flexibility index (Phi) is 6.92. The van der Waals surface area contributed by atoms with Crippen molar-refractivity contribution >= 4 is 5.91 Å². The summed E-state index contributed by atoms with van der Waals surface area (Å²) in [6.07, 6.45) is 2.99. The minimum absolute atomic E-state index is 0.0824. The number of aryl methyl sites for hydroxylation is 1. The Morgan fingerprint density at radius 3 is 2.38 bits per heavy atom. The van der Waals surface area contributed by atoms with Crippen molar-refractivity contribution in [2.24, 2.45) is 0 Å². The molecule has 4 rings (SSSR count). The smallest absolute Gasteiger partial charge is 0.251 e. The van der Waals surface area contributed by atoms with Crippen LogP contribution in [0.25, 0.3) is 22.5 Å². The van der Waals surface area contributed by atoms with Crippen LogP contribution in [0.1, 0.15) is 28.8 Å². The molecule has 1 aromatic heterocycles. The molecule has 0 bridgehead atoms. The summed E-state index contributed by atoms with van der Waals surface area (Å²) in [6, 6.07) is 25.5. The molecule has 6 heteroatoms. The van der Waals surface area contributed by atoms with E-state index in [2.05, 4.69) is 45.0 Å². The van der Waals surface area contributed by atoms with E-state index in [1.165, 1.54) is 5.56 Å². The number of ether oxygens (including phenoxy) is 1. The van der Waals surface area contributed by atoms with Crippen molar-refractivity contribution in [1.82, 2.24) is 20.7 Å². The van der Waals surface area contributed by atoms with Crippen LogP contribution in [0.4, 0.5) is 0 Å². The second-order valence-electron chi connectivity index (χ2n) is 7.53. The number of hydrogen-bond acceptors (Lipinski definition) is 4. The van der Waals surface area contributed by atoms with E-state index in [4.69, 9.17) is 4.74 Å². The molecule has 4 aromatic rings. The summed E-state index contributed by atoms with van der Waals surface area (Å²) in [7, 11) is 1.64. The summed E-state index contributed by atoms with van der Waals surface area (Å²) >= 11 is 0. The van der Waals surface area contributed by atoms with Crippen LogP contribution < -0.4 is 10.1 Å². The zero-order valence-corrected chi connectivity index (χ0v) is 18.0. The largest absolute Gasteiger partial charge is 0.497 e. The van der Waals surface area contributed by atoms with Crippen LogP contribution in [0.3, 0.4) is 0 Å². The van der Waals surface area contributed by atoms with Crippen LogP contribution in [-0.4, -0.2) is 35.0 Å². The molecule has 1 amide bonds. The lowest BCUT2D eigenvalue weighted by atomic mass is 10.0. The number of nitrogens with zero attached hydrogens (tertiary/aromatic N) is 2. The predicted molar refractivity (Wildman–Crippen MR) is 126 cm³/mol. The van der Waals surface area contributed by atoms with Crippen LogP contribution in [-0.2, 0) is 6.42 Å². The summed E-state index contributed by atoms with van der Waals surface area (Å²) in [6.45, 7) is 0.650. The van der Waals surface area contributed by atoms with Crippen LogP contribution >= 0.6 is 0 Å². The average Bonchev–Trinajstić information content (AvgIpc) is 3.34. The third-order valence-corrected chi connectivity index (χ3v) is 5.33. The lowest BCUT2D eigenvalue weighted by Crippen LogP contribution is -2.24. The van der Waals surface area contributed by atoms with Gasteiger partial charge in [0.25, 0.3) is 5.91 Å². The number of unbranched alkanes of at least 4 members (excludes halogenated alkanes) is 1. The maximum atomic E-state index is 12.7. The van der Waals surface area contributed by atoms with Gasteiger partial charge in [0, 0.05) is 23.2 Å². The maximum Gasteiger partial charge on any atom is 0.251 e. The summed E-state index contributed by atoms with van der Waals surface area (Å²) in [5, 5.41) is 14.4. The van der Waals surface area contributed by atoms with E-state index in [1.54, 1.807) is 7.11 Å². The summed E-state index contributed by atoms with van der Waals surface area (Å²) < 4.78 is 5.23. The standard InChI is InChI=1S/C26H26N4O2/c1-32-23-15-13-20(14-16-23)24-25(29-30-28-24)21-11-7-12-22(18-21)26(31)27-17-6-5-10-19-8-3-2-4-9-19/h2-4,7-9,11-16,18H,5-6,10,17H2,1H3,(H,27,31)(H,28,29,30). The Balaban J connectivity index is 1.38. The fourth-order valence-corrected chi connectivity index (χ4v) is 3.59. The molecule has 0 saturated heterocycles. The molecule has 3 aromatic carbocycles. The number of methoxy groups -OCH3 is 1. The number of nitrogens with one attached hydrogen (secondary N) is 2. The second-order valence-corrected chi connectivity index (χ2v) is 7.53. The van der Waals surface area contributed by atoms with E-state index in [-0.39, 0.29) is 5.91 Å². The molecule has 6 nitrogen and oxygen atoms in total. The van der Waals surface area contributed by atoms with Crippen LogP contribution in [0.2, 0.25) is 0 Å². The van der Waals surface area contributed by atoms with Gasteiger partial charge in [-0.1, -0.05) is 42.5 Å². The Morgan fingerprint density at radius 1 is 0.875 bits per heavy atom. The normalized spacial score (nSPS) is 10.7. The molecule has 32 heavy (non-hydrogen) atoms. The van der Waals surface area contributed by atoms with E-state index in [0.29, 0.717) is 17.8 Å². The van der Waals surface area contributed by atoms with E-state index in [1.807, 2.05) is 54.6 Å². The van der Waals surface area contributed by atoms with Crippen molar-refractivity contribution in [3.8, 4) is 28.3 Å². The van der Waals surface area contributed by atoms with Gasteiger partial charge >= 0.3 is 0 Å². The highest BCUT2D eigenvalue weighted by molar-refractivity contribution is 5.95. The Labute approximate surface area is 187 Å². The predicted octanol–water partition coefficient (Wildman–Crippen LogP) is 4.90. The lowest BCUT2D eigenvalue weighted by molar-refractivity contribution is 0.0953. The number of benzene rings is 3. The van der Waals surface area contributed by atoms with Gasteiger partial charge in [-0.05, 0) is 61.2 Å². The molecule has 0 atom stereocenters. The fourth-order valence-electron chi connectivity index (χ4n) is 3.59. The van der Waals surface area contributed by atoms with Crippen molar-refractivity contribution in [3.63, 3.8) is 0 Å². The van der Waals surface area contributed by atoms with E-state index >= 15 is 0 Å². The minimum atomic E-state index is -0.0824. The highest BCUT2D eigenvalue weighted by atomic mass is 16.5. The molecule has 0 saturated carbocycles. The molecular formula is C26H26N4O2. The number of aromatic amines is 1. The number of rotatable bonds is 9. The summed E-state index contributed by atoms with van der Waals surface area (Å²) in [4.78, 5) is 12.7. The average molecular weight is 427 g/mol. The van der Waals surface area contributed by atoms with Gasteiger partial charge in [0.2, 0.25) is 0 Å². The monoisotopic (exact) mass is 426 g/mol. The highest BCUT2D eigenvalue weighted by Gasteiger charge is 2.14. The van der Waals surface area contributed by atoms with Gasteiger partial charge in [0.05, 0.1) is 7.11 Å². The lowest BCUT2D eigenvalue weighted by Gasteiger charge is -2.07. The fraction of sp³-hybridized carbons (Fsp3) is 0.192. The third kappa shape index (κ3) is 5.21. The number of aromatic nitrogens is 3. The summed E-state index contributed by atoms with van der Waals surface area (Å²) in [5.41, 5.74) is 5.11. The van der Waals surface area contributed by atoms with E-state index in [0.717, 1.165) is 41.8 Å². The molecule has 0 aliphatic rings. The van der Waals surface area contributed by atoms with Crippen LogP contribution in [0.5, 0.6) is 5.75 Å². The molecule has 0 aliphatic carbocycles. The van der Waals surface area contributed by atoms with Crippen LogP contribution in [0, 0.1) is 0 Å². The van der Waals surface area contributed by atoms with Gasteiger partial charge in [-0.15, -0.1) is 0 Å². The maximum absolute atomic E-state index is 12.7. The van der Waals surface area contributed by atoms with Crippen molar-refractivity contribution in [2.45, 2.75) is 19.3 Å². The van der Waals surface area contributed by atoms with Crippen molar-refractivity contribution in [2.75, 3.05) is 13.7 Å². The van der Waals surface area contributed by atoms with E-state index < -0.39 is 0 Å². The van der Waals surface area contributed by atoms with Crippen molar-refractivity contribution < 1.29 is 9.53 Å². The molecule has 0 aliphatic heterocycles. The number of H-pyrrole nitrogens is 1. The zero-order chi connectivity index (χ0) is 22.2. The number of hydrogen-bond donors (Lipinski definition) is 2. The Morgan fingerprint density at radius 2 is 1.62 bits per heavy atom. The molecule has 2 N–H and O–H groups in total. The molecule has 162 valence electrons. The first-order valence-electron chi connectivity index (χ1n) is 10.7. The van der Waals surface area contributed by atoms with Gasteiger partial charge in [-0.25, -0.2) is 0 Å². The Hall–Kier alpha value is -3.93. The molecule has 0 radical (unpaired) electrons. The number of carbonyl (C=O) groups excluding carboxylic acids is 1. The van der Waals surface area contributed by atoms with Gasteiger partial charge in [-0.2, -0.15) is 15.4 Å². The quantitative estimate of drug-likeness (QED) is 0.373. The van der Waals surface area contributed by atoms with E-state index in [9.17, 15) is 4.79 Å². The second kappa shape index (κ2) is 10.4. The third-order valence-electron chi connectivity index (χ3n) is 5.33. The first-order valence-corrected chi connectivity index (χ1v) is 10.7. The van der Waals surface area contributed by atoms with Crippen LogP contribution in [0.15, 0.2) is 78.9 Å².